The van der Waals surface area contributed by atoms with Crippen LogP contribution in [0, 0.1) is 0 Å². The minimum atomic E-state index is -0.565. The van der Waals surface area contributed by atoms with Gasteiger partial charge in [-0.2, -0.15) is 0 Å². The molecule has 200 valence electrons. The number of nitrogens with two attached hydrogens (primary N) is 1. The van der Waals surface area contributed by atoms with Crippen molar-refractivity contribution >= 4 is 23.5 Å². The highest BCUT2D eigenvalue weighted by Gasteiger charge is 2.46. The van der Waals surface area contributed by atoms with Crippen LogP contribution in [0.1, 0.15) is 62.4 Å². The van der Waals surface area contributed by atoms with E-state index in [4.69, 9.17) is 15.2 Å². The minimum Gasteiger partial charge on any atom is -0.480 e. The molecule has 1 atom stereocenters. The number of amides is 3. The SMILES string of the molecule is C=C1c2cc(-c3ccc(C(=O)N4CCC[C@H]4C(N)=O)cc3)ncc2OC12CCN(C(=O)OC(C)(C)C)CC2. The van der Waals surface area contributed by atoms with E-state index in [-0.39, 0.29) is 12.0 Å². The summed E-state index contributed by atoms with van der Waals surface area (Å²) in [4.78, 5) is 45.0. The van der Waals surface area contributed by atoms with Gasteiger partial charge >= 0.3 is 6.09 Å². The summed E-state index contributed by atoms with van der Waals surface area (Å²) in [6.45, 7) is 11.5. The number of rotatable bonds is 3. The van der Waals surface area contributed by atoms with Crippen molar-refractivity contribution in [3.63, 3.8) is 0 Å². The van der Waals surface area contributed by atoms with E-state index >= 15 is 0 Å². The molecule has 3 aliphatic heterocycles. The first-order chi connectivity index (χ1) is 18.0. The van der Waals surface area contributed by atoms with Crippen LogP contribution in [-0.2, 0) is 9.53 Å². The van der Waals surface area contributed by atoms with E-state index in [1.54, 1.807) is 28.1 Å². The number of aromatic nitrogens is 1. The minimum absolute atomic E-state index is 0.193. The average molecular weight is 519 g/mol. The number of primary amides is 1. The first-order valence-corrected chi connectivity index (χ1v) is 13.0. The monoisotopic (exact) mass is 518 g/mol. The first-order valence-electron chi connectivity index (χ1n) is 13.0. The lowest BCUT2D eigenvalue weighted by Crippen LogP contribution is -2.49. The quantitative estimate of drug-likeness (QED) is 0.657. The van der Waals surface area contributed by atoms with Gasteiger partial charge in [-0.05, 0) is 57.4 Å². The number of carbonyl (C=O) groups is 3. The number of ether oxygens (including phenoxy) is 2. The summed E-state index contributed by atoms with van der Waals surface area (Å²) in [6, 6.07) is 8.63. The summed E-state index contributed by atoms with van der Waals surface area (Å²) >= 11 is 0. The van der Waals surface area contributed by atoms with Crippen molar-refractivity contribution < 1.29 is 23.9 Å². The topological polar surface area (TPSA) is 115 Å². The molecule has 2 saturated heterocycles. The molecule has 0 bridgehead atoms. The summed E-state index contributed by atoms with van der Waals surface area (Å²) < 4.78 is 11.9. The predicted octanol–water partition coefficient (Wildman–Crippen LogP) is 4.01. The van der Waals surface area contributed by atoms with E-state index in [0.717, 1.165) is 28.8 Å². The van der Waals surface area contributed by atoms with Crippen molar-refractivity contribution in [2.45, 2.75) is 63.7 Å². The van der Waals surface area contributed by atoms with E-state index in [1.165, 1.54) is 0 Å². The fourth-order valence-electron chi connectivity index (χ4n) is 5.47. The fourth-order valence-corrected chi connectivity index (χ4v) is 5.47. The molecular formula is C29H34N4O5. The van der Waals surface area contributed by atoms with E-state index < -0.39 is 23.2 Å². The van der Waals surface area contributed by atoms with Crippen LogP contribution in [0.25, 0.3) is 16.8 Å². The number of benzene rings is 1. The van der Waals surface area contributed by atoms with Crippen molar-refractivity contribution in [1.82, 2.24) is 14.8 Å². The molecule has 1 aromatic heterocycles. The van der Waals surface area contributed by atoms with Crippen LogP contribution in [0.4, 0.5) is 4.79 Å². The number of hydrogen-bond acceptors (Lipinski definition) is 6. The highest BCUT2D eigenvalue weighted by molar-refractivity contribution is 5.98. The number of fused-ring (bicyclic) bond motifs is 1. The third-order valence-electron chi connectivity index (χ3n) is 7.54. The number of pyridine rings is 1. The van der Waals surface area contributed by atoms with Crippen LogP contribution in [0.3, 0.4) is 0 Å². The molecule has 0 unspecified atom stereocenters. The average Bonchev–Trinajstić information content (AvgIpc) is 3.47. The molecule has 3 aliphatic rings. The number of nitrogens with zero attached hydrogens (tertiary/aromatic N) is 3. The second kappa shape index (κ2) is 9.45. The normalized spacial score (nSPS) is 20.3. The third-order valence-corrected chi connectivity index (χ3v) is 7.54. The van der Waals surface area contributed by atoms with Crippen molar-refractivity contribution in [1.29, 1.82) is 0 Å². The van der Waals surface area contributed by atoms with E-state index in [9.17, 15) is 14.4 Å². The molecule has 3 amide bonds. The molecule has 2 aromatic rings. The van der Waals surface area contributed by atoms with Gasteiger partial charge in [-0.3, -0.25) is 14.6 Å². The van der Waals surface area contributed by atoms with Gasteiger partial charge in [0.05, 0.1) is 11.9 Å². The predicted molar refractivity (Wildman–Crippen MR) is 142 cm³/mol. The number of hydrogen-bond donors (Lipinski definition) is 1. The second-order valence-electron chi connectivity index (χ2n) is 11.2. The Morgan fingerprint density at radius 3 is 2.45 bits per heavy atom. The first kappa shape index (κ1) is 25.8. The van der Waals surface area contributed by atoms with Gasteiger partial charge in [-0.15, -0.1) is 0 Å². The lowest BCUT2D eigenvalue weighted by atomic mass is 9.83. The van der Waals surface area contributed by atoms with Gasteiger partial charge in [-0.1, -0.05) is 18.7 Å². The Labute approximate surface area is 222 Å². The molecule has 9 heteroatoms. The molecule has 4 heterocycles. The van der Waals surface area contributed by atoms with E-state index in [1.807, 2.05) is 39.0 Å². The van der Waals surface area contributed by atoms with Crippen LogP contribution in [0.5, 0.6) is 5.75 Å². The van der Waals surface area contributed by atoms with Gasteiger partial charge in [0.1, 0.15) is 23.0 Å². The Kier molecular flexibility index (Phi) is 6.41. The van der Waals surface area contributed by atoms with Crippen LogP contribution in [0.2, 0.25) is 0 Å². The zero-order valence-electron chi connectivity index (χ0n) is 22.2. The van der Waals surface area contributed by atoms with Crippen LogP contribution in [-0.4, -0.2) is 69.6 Å². The largest absolute Gasteiger partial charge is 0.480 e. The molecule has 38 heavy (non-hydrogen) atoms. The zero-order chi connectivity index (χ0) is 27.2. The summed E-state index contributed by atoms with van der Waals surface area (Å²) in [6.07, 6.45) is 4.01. The number of likely N-dealkylation sites (tertiary alicyclic amines) is 2. The molecule has 0 saturated carbocycles. The molecule has 9 nitrogen and oxygen atoms in total. The Morgan fingerprint density at radius 2 is 1.82 bits per heavy atom. The van der Waals surface area contributed by atoms with Crippen molar-refractivity contribution in [2.24, 2.45) is 5.73 Å². The van der Waals surface area contributed by atoms with Gasteiger partial charge in [0.2, 0.25) is 5.91 Å². The molecule has 1 spiro atoms. The third kappa shape index (κ3) is 4.73. The molecule has 0 radical (unpaired) electrons. The van der Waals surface area contributed by atoms with Crippen molar-refractivity contribution in [3.8, 4) is 17.0 Å². The molecular weight excluding hydrogens is 484 g/mol. The van der Waals surface area contributed by atoms with Gasteiger partial charge < -0.3 is 25.0 Å². The smallest absolute Gasteiger partial charge is 0.410 e. The van der Waals surface area contributed by atoms with Gasteiger partial charge in [-0.25, -0.2) is 4.79 Å². The van der Waals surface area contributed by atoms with Crippen LogP contribution in [0.15, 0.2) is 43.1 Å². The molecule has 2 N–H and O–H groups in total. The Hall–Kier alpha value is -3.88. The summed E-state index contributed by atoms with van der Waals surface area (Å²) in [5.74, 6) is 0.0227. The highest BCUT2D eigenvalue weighted by Crippen LogP contribution is 2.48. The van der Waals surface area contributed by atoms with Gasteiger partial charge in [0.15, 0.2) is 0 Å². The van der Waals surface area contributed by atoms with Crippen LogP contribution < -0.4 is 10.5 Å². The van der Waals surface area contributed by atoms with E-state index in [2.05, 4.69) is 11.6 Å². The maximum atomic E-state index is 13.0. The standard InChI is InChI=1S/C29H34N4O5/c1-18-21-16-22(19-7-9-20(10-8-19)26(35)33-13-5-6-23(33)25(30)34)31-17-24(21)37-29(18)11-14-32(15-12-29)27(36)38-28(2,3)4/h7-10,16-17,23H,1,5-6,11-15H2,2-4H3,(H2,30,34)/t23-/m0/s1. The summed E-state index contributed by atoms with van der Waals surface area (Å²) in [7, 11) is 0. The van der Waals surface area contributed by atoms with Gasteiger partial charge in [0, 0.05) is 49.2 Å². The Balaban J connectivity index is 1.28. The fraction of sp³-hybridized carbons (Fsp3) is 0.448. The summed E-state index contributed by atoms with van der Waals surface area (Å²) in [5, 5.41) is 0. The van der Waals surface area contributed by atoms with E-state index in [0.29, 0.717) is 50.2 Å². The number of piperidine rings is 1. The highest BCUT2D eigenvalue weighted by atomic mass is 16.6. The summed E-state index contributed by atoms with van der Waals surface area (Å²) in [5.41, 5.74) is 8.26. The maximum Gasteiger partial charge on any atom is 0.410 e. The maximum absolute atomic E-state index is 13.0. The van der Waals surface area contributed by atoms with Crippen molar-refractivity contribution in [3.05, 3.63) is 54.2 Å². The lowest BCUT2D eigenvalue weighted by molar-refractivity contribution is -0.121. The second-order valence-corrected chi connectivity index (χ2v) is 11.2. The van der Waals surface area contributed by atoms with Gasteiger partial charge in [0.25, 0.3) is 5.91 Å². The molecule has 5 rings (SSSR count). The zero-order valence-corrected chi connectivity index (χ0v) is 22.2. The molecule has 2 fully saturated rings. The molecule has 0 aliphatic carbocycles. The van der Waals surface area contributed by atoms with Crippen LogP contribution >= 0.6 is 0 Å². The molecule has 1 aromatic carbocycles. The van der Waals surface area contributed by atoms with Crippen molar-refractivity contribution in [2.75, 3.05) is 19.6 Å². The lowest BCUT2D eigenvalue weighted by Gasteiger charge is -2.39. The number of carbonyl (C=O) groups excluding carboxylic acids is 3. The Morgan fingerprint density at radius 1 is 1.13 bits per heavy atom. The Bertz CT molecular complexity index is 1290.